The predicted octanol–water partition coefficient (Wildman–Crippen LogP) is 6.68. The number of rotatable bonds is 8. The number of carbonyl (C=O) groups excluding carboxylic acids is 1. The van der Waals surface area contributed by atoms with Crippen molar-refractivity contribution in [3.8, 4) is 28.5 Å². The van der Waals surface area contributed by atoms with Crippen molar-refractivity contribution in [3.05, 3.63) is 98.9 Å². The highest BCUT2D eigenvalue weighted by Crippen LogP contribution is 2.50. The fourth-order valence-corrected chi connectivity index (χ4v) is 6.46. The first-order valence-corrected chi connectivity index (χ1v) is 15.3. The number of halogens is 4. The van der Waals surface area contributed by atoms with Crippen LogP contribution in [0.3, 0.4) is 0 Å². The molecule has 0 unspecified atom stereocenters. The summed E-state index contributed by atoms with van der Waals surface area (Å²) in [5.74, 6) is -2.08. The van der Waals surface area contributed by atoms with E-state index in [0.29, 0.717) is 11.3 Å². The summed E-state index contributed by atoms with van der Waals surface area (Å²) in [6.45, 7) is 4.04. The van der Waals surface area contributed by atoms with Crippen LogP contribution in [-0.2, 0) is 11.2 Å². The fourth-order valence-electron chi connectivity index (χ4n) is 5.29. The molecule has 0 aliphatic carbocycles. The Balaban J connectivity index is 1.47. The maximum atomic E-state index is 16.2. The van der Waals surface area contributed by atoms with Crippen molar-refractivity contribution in [1.29, 1.82) is 0 Å². The van der Waals surface area contributed by atoms with Crippen LogP contribution in [0.5, 0.6) is 17.2 Å². The van der Waals surface area contributed by atoms with Gasteiger partial charge in [-0.3, -0.25) is 4.79 Å². The summed E-state index contributed by atoms with van der Waals surface area (Å²) in [7, 11) is 1.47. The lowest BCUT2D eigenvalue weighted by Gasteiger charge is -2.31. The first kappa shape index (κ1) is 32.5. The molecular weight excluding hydrogens is 659 g/mol. The van der Waals surface area contributed by atoms with E-state index in [9.17, 15) is 23.8 Å². The number of alkyl halides is 2. The maximum absolute atomic E-state index is 16.2. The Morgan fingerprint density at radius 1 is 1.09 bits per heavy atom. The lowest BCUT2D eigenvalue weighted by Crippen LogP contribution is -2.42. The number of pyridine rings is 1. The number of carbonyl (C=O) groups is 1. The second kappa shape index (κ2) is 11.7. The highest BCUT2D eigenvalue weighted by Gasteiger charge is 2.45. The average molecular weight is 686 g/mol. The van der Waals surface area contributed by atoms with Crippen LogP contribution >= 0.6 is 22.9 Å². The molecule has 0 bridgehead atoms. The van der Waals surface area contributed by atoms with Crippen LogP contribution in [-0.4, -0.2) is 46.0 Å². The van der Waals surface area contributed by atoms with E-state index in [2.05, 4.69) is 24.8 Å². The zero-order chi connectivity index (χ0) is 33.9. The minimum absolute atomic E-state index is 0.170. The number of aliphatic hydroxyl groups is 2. The van der Waals surface area contributed by atoms with E-state index in [1.165, 1.54) is 50.5 Å². The van der Waals surface area contributed by atoms with Crippen LogP contribution in [0.15, 0.2) is 60.7 Å². The van der Waals surface area contributed by atoms with Gasteiger partial charge in [-0.15, -0.1) is 20.1 Å². The number of methoxy groups -OCH3 is 1. The summed E-state index contributed by atoms with van der Waals surface area (Å²) >= 11 is 7.82. The first-order chi connectivity index (χ1) is 22.1. The first-order valence-electron chi connectivity index (χ1n) is 14.1. The van der Waals surface area contributed by atoms with E-state index in [4.69, 9.17) is 16.3 Å². The van der Waals surface area contributed by atoms with Gasteiger partial charge in [-0.2, -0.15) is 0 Å². The van der Waals surface area contributed by atoms with Gasteiger partial charge in [0, 0.05) is 16.7 Å². The summed E-state index contributed by atoms with van der Waals surface area (Å²) < 4.78 is 59.1. The van der Waals surface area contributed by atoms with E-state index < -0.39 is 52.2 Å². The molecule has 0 radical (unpaired) electrons. The van der Waals surface area contributed by atoms with Crippen molar-refractivity contribution in [2.75, 3.05) is 13.7 Å². The molecule has 0 fully saturated rings. The molecule has 3 N–H and O–H groups in total. The number of aryl methyl sites for hydroxylation is 1. The number of ether oxygens (including phenoxy) is 3. The van der Waals surface area contributed by atoms with Gasteiger partial charge in [-0.25, -0.2) is 14.4 Å². The molecule has 1 aliphatic rings. The number of thiazole rings is 1. The standard InChI is InChI=1S/C33H27ClF3N3O6S/c1-16-39-28-22(44-4)12-17(13-23(28)47-16)30(41)38-15-32(43,18-8-6-5-7-9-18)24-14-20(31(2,3)42)26(35)27(40-24)19-10-11-21-29(25(19)34)46-33(36,37)45-21/h5-14,42-43H,15H2,1-4H3,(H,38,41)/t32-/m1/s1. The van der Waals surface area contributed by atoms with Gasteiger partial charge in [0.15, 0.2) is 17.3 Å². The van der Waals surface area contributed by atoms with Crippen molar-refractivity contribution in [1.82, 2.24) is 15.3 Å². The molecular formula is C33H27ClF3N3O6S. The molecule has 6 rings (SSSR count). The topological polar surface area (TPSA) is 123 Å². The van der Waals surface area contributed by atoms with Gasteiger partial charge in [0.25, 0.3) is 5.91 Å². The minimum atomic E-state index is -3.99. The van der Waals surface area contributed by atoms with Gasteiger partial charge in [-0.1, -0.05) is 41.9 Å². The number of nitrogens with one attached hydrogen (secondary N) is 1. The highest BCUT2D eigenvalue weighted by atomic mass is 35.5. The van der Waals surface area contributed by atoms with Gasteiger partial charge < -0.3 is 29.7 Å². The number of aromatic nitrogens is 2. The Bertz CT molecular complexity index is 2040. The summed E-state index contributed by atoms with van der Waals surface area (Å²) in [5, 5.41) is 26.5. The fraction of sp³-hybridized carbons (Fsp3) is 0.242. The van der Waals surface area contributed by atoms with Gasteiger partial charge >= 0.3 is 6.29 Å². The Morgan fingerprint density at radius 2 is 1.81 bits per heavy atom. The monoisotopic (exact) mass is 685 g/mol. The average Bonchev–Trinajstić information content (AvgIpc) is 3.57. The Labute approximate surface area is 275 Å². The molecule has 1 aliphatic heterocycles. The van der Waals surface area contributed by atoms with E-state index in [1.807, 2.05) is 6.92 Å². The van der Waals surface area contributed by atoms with E-state index in [-0.39, 0.29) is 33.7 Å². The summed E-state index contributed by atoms with van der Waals surface area (Å²) in [6.07, 6.45) is -3.99. The molecule has 2 aromatic heterocycles. The van der Waals surface area contributed by atoms with Crippen LogP contribution in [0.4, 0.5) is 13.2 Å². The summed E-state index contributed by atoms with van der Waals surface area (Å²) in [6, 6.07) is 14.9. The lowest BCUT2D eigenvalue weighted by atomic mass is 9.86. The van der Waals surface area contributed by atoms with Crippen molar-refractivity contribution >= 4 is 39.1 Å². The molecule has 9 nitrogen and oxygen atoms in total. The Hall–Kier alpha value is -4.43. The van der Waals surface area contributed by atoms with Gasteiger partial charge in [-0.05, 0) is 56.7 Å². The molecule has 244 valence electrons. The summed E-state index contributed by atoms with van der Waals surface area (Å²) in [4.78, 5) is 22.4. The second-order valence-corrected chi connectivity index (χ2v) is 13.0. The van der Waals surface area contributed by atoms with Crippen LogP contribution in [0, 0.1) is 12.7 Å². The third kappa shape index (κ3) is 5.95. The van der Waals surface area contributed by atoms with Gasteiger partial charge in [0.2, 0.25) is 0 Å². The van der Waals surface area contributed by atoms with E-state index in [0.717, 1.165) is 15.8 Å². The number of amides is 1. The van der Waals surface area contributed by atoms with Gasteiger partial charge in [0.05, 0.1) is 39.7 Å². The molecule has 1 amide bonds. The third-order valence-electron chi connectivity index (χ3n) is 7.61. The normalized spacial score (nSPS) is 15.0. The minimum Gasteiger partial charge on any atom is -0.494 e. The van der Waals surface area contributed by atoms with Crippen molar-refractivity contribution in [2.24, 2.45) is 0 Å². The number of hydrogen-bond acceptors (Lipinski definition) is 9. The SMILES string of the molecule is COc1cc(C(=O)NC[C@@](O)(c2ccccc2)c2cc(C(C)(C)O)c(F)c(-c3ccc4c(c3Cl)OC(F)(F)O4)n2)cc2sc(C)nc12. The quantitative estimate of drug-likeness (QED) is 0.165. The van der Waals surface area contributed by atoms with Crippen molar-refractivity contribution in [3.63, 3.8) is 0 Å². The molecule has 0 saturated heterocycles. The lowest BCUT2D eigenvalue weighted by molar-refractivity contribution is -0.286. The predicted molar refractivity (Wildman–Crippen MR) is 169 cm³/mol. The second-order valence-electron chi connectivity index (χ2n) is 11.4. The Morgan fingerprint density at radius 3 is 2.49 bits per heavy atom. The summed E-state index contributed by atoms with van der Waals surface area (Å²) in [5.41, 5.74) is -3.90. The van der Waals surface area contributed by atoms with Crippen molar-refractivity contribution in [2.45, 2.75) is 38.3 Å². The zero-order valence-corrected chi connectivity index (χ0v) is 26.9. The molecule has 3 heterocycles. The molecule has 0 spiro atoms. The van der Waals surface area contributed by atoms with E-state index >= 15 is 4.39 Å². The molecule has 1 atom stereocenters. The number of nitrogens with zero attached hydrogens (tertiary/aromatic N) is 2. The van der Waals surface area contributed by atoms with Crippen LogP contribution in [0.25, 0.3) is 21.5 Å². The number of benzene rings is 3. The largest absolute Gasteiger partial charge is 0.586 e. The molecule has 14 heteroatoms. The van der Waals surface area contributed by atoms with Crippen LogP contribution in [0.1, 0.15) is 46.0 Å². The molecule has 47 heavy (non-hydrogen) atoms. The number of hydrogen-bond donors (Lipinski definition) is 3. The van der Waals surface area contributed by atoms with Gasteiger partial charge in [0.1, 0.15) is 22.6 Å². The third-order valence-corrected chi connectivity index (χ3v) is 8.90. The van der Waals surface area contributed by atoms with Crippen LogP contribution < -0.4 is 19.5 Å². The smallest absolute Gasteiger partial charge is 0.494 e. The Kier molecular flexibility index (Phi) is 8.07. The molecule has 3 aromatic carbocycles. The number of fused-ring (bicyclic) bond motifs is 2. The highest BCUT2D eigenvalue weighted by molar-refractivity contribution is 7.18. The molecule has 5 aromatic rings. The van der Waals surface area contributed by atoms with E-state index in [1.54, 1.807) is 36.4 Å². The molecule has 0 saturated carbocycles. The van der Waals surface area contributed by atoms with Crippen molar-refractivity contribution < 1.29 is 42.4 Å². The zero-order valence-electron chi connectivity index (χ0n) is 25.3. The van der Waals surface area contributed by atoms with Crippen LogP contribution in [0.2, 0.25) is 5.02 Å². The maximum Gasteiger partial charge on any atom is 0.586 e.